The molecule has 0 radical (unpaired) electrons. The van der Waals surface area contributed by atoms with Gasteiger partial charge in [0.15, 0.2) is 0 Å². The molecule has 0 amide bonds. The number of aromatic nitrogens is 2. The maximum atomic E-state index is 6.45. The summed E-state index contributed by atoms with van der Waals surface area (Å²) in [4.78, 5) is 16.0. The number of aliphatic imine (C=N–C) groups is 1. The maximum Gasteiger partial charge on any atom is 0.0729 e. The molecule has 0 aliphatic carbocycles. The molecule has 0 unspecified atom stereocenters. The molecule has 1 aliphatic rings. The summed E-state index contributed by atoms with van der Waals surface area (Å²) in [6.45, 7) is 6.83. The standard InChI is InChI=1S/C27H29ClN4/c1-27(2,22-8-4-3-5-9-22)23-10-6-14-30-25(23)19-32(17-13-21-12-16-29-18-21)20-26-24(28)11-7-15-31-26/h3-11,14-16,18H,12-13,17,19-20H2,1-2H3. The topological polar surface area (TPSA) is 41.4 Å². The molecule has 0 saturated carbocycles. The minimum absolute atomic E-state index is 0.152. The van der Waals surface area contributed by atoms with Gasteiger partial charge in [-0.25, -0.2) is 0 Å². The molecule has 3 aromatic rings. The van der Waals surface area contributed by atoms with Crippen molar-refractivity contribution in [1.29, 1.82) is 0 Å². The van der Waals surface area contributed by atoms with Gasteiger partial charge in [-0.1, -0.05) is 61.8 Å². The molecule has 2 aromatic heterocycles. The van der Waals surface area contributed by atoms with Crippen LogP contribution in [0.3, 0.4) is 0 Å². The highest BCUT2D eigenvalue weighted by atomic mass is 35.5. The summed E-state index contributed by atoms with van der Waals surface area (Å²) in [6.07, 6.45) is 9.55. The summed E-state index contributed by atoms with van der Waals surface area (Å²) in [5.41, 5.74) is 5.71. The molecular weight excluding hydrogens is 416 g/mol. The molecule has 0 spiro atoms. The van der Waals surface area contributed by atoms with Crippen molar-refractivity contribution in [3.05, 3.63) is 106 Å². The first-order chi connectivity index (χ1) is 15.5. The molecule has 0 saturated heterocycles. The lowest BCUT2D eigenvalue weighted by atomic mass is 9.77. The summed E-state index contributed by atoms with van der Waals surface area (Å²) in [6, 6.07) is 18.6. The third-order valence-electron chi connectivity index (χ3n) is 6.11. The highest BCUT2D eigenvalue weighted by Crippen LogP contribution is 2.33. The van der Waals surface area contributed by atoms with E-state index in [0.29, 0.717) is 11.6 Å². The molecular formula is C27H29ClN4. The zero-order chi connectivity index (χ0) is 22.4. The first-order valence-corrected chi connectivity index (χ1v) is 11.4. The van der Waals surface area contributed by atoms with Crippen LogP contribution >= 0.6 is 11.6 Å². The fourth-order valence-corrected chi connectivity index (χ4v) is 4.35. The number of benzene rings is 1. The highest BCUT2D eigenvalue weighted by Gasteiger charge is 2.27. The van der Waals surface area contributed by atoms with Crippen LogP contribution in [0.2, 0.25) is 5.02 Å². The molecule has 0 atom stereocenters. The zero-order valence-corrected chi connectivity index (χ0v) is 19.5. The Bertz CT molecular complexity index is 1110. The SMILES string of the molecule is CC(C)(c1ccccc1)c1cccnc1CN(CCC1=CN=CC1)Cc1ncccc1Cl. The second-order valence-electron chi connectivity index (χ2n) is 8.70. The van der Waals surface area contributed by atoms with Gasteiger partial charge < -0.3 is 0 Å². The minimum atomic E-state index is -0.152. The predicted molar refractivity (Wildman–Crippen MR) is 132 cm³/mol. The van der Waals surface area contributed by atoms with Crippen molar-refractivity contribution in [2.24, 2.45) is 4.99 Å². The van der Waals surface area contributed by atoms with E-state index in [0.717, 1.165) is 37.3 Å². The van der Waals surface area contributed by atoms with E-state index in [1.807, 2.05) is 36.8 Å². The second-order valence-corrected chi connectivity index (χ2v) is 9.11. The lowest BCUT2D eigenvalue weighted by Crippen LogP contribution is -2.29. The highest BCUT2D eigenvalue weighted by molar-refractivity contribution is 6.31. The Kier molecular flexibility index (Phi) is 7.13. The van der Waals surface area contributed by atoms with E-state index in [9.17, 15) is 0 Å². The van der Waals surface area contributed by atoms with Gasteiger partial charge in [-0.05, 0) is 41.3 Å². The largest absolute Gasteiger partial charge is 0.291 e. The van der Waals surface area contributed by atoms with E-state index in [-0.39, 0.29) is 5.41 Å². The normalized spacial score (nSPS) is 13.6. The quantitative estimate of drug-likeness (QED) is 0.394. The van der Waals surface area contributed by atoms with Crippen LogP contribution in [0.15, 0.2) is 83.8 Å². The number of rotatable bonds is 9. The van der Waals surface area contributed by atoms with Crippen molar-refractivity contribution >= 4 is 17.8 Å². The molecule has 4 nitrogen and oxygen atoms in total. The van der Waals surface area contributed by atoms with Crippen molar-refractivity contribution in [2.45, 2.75) is 45.2 Å². The Hall–Kier alpha value is -2.82. The molecule has 0 fully saturated rings. The predicted octanol–water partition coefficient (Wildman–Crippen LogP) is 6.21. The van der Waals surface area contributed by atoms with Gasteiger partial charge in [-0.15, -0.1) is 0 Å². The van der Waals surface area contributed by atoms with E-state index >= 15 is 0 Å². The number of pyridine rings is 2. The first kappa shape index (κ1) is 22.4. The number of halogens is 1. The first-order valence-electron chi connectivity index (χ1n) is 11.1. The Morgan fingerprint density at radius 1 is 0.906 bits per heavy atom. The summed E-state index contributed by atoms with van der Waals surface area (Å²) >= 11 is 6.45. The van der Waals surface area contributed by atoms with Crippen LogP contribution in [0, 0.1) is 0 Å². The van der Waals surface area contributed by atoms with Gasteiger partial charge in [0.25, 0.3) is 0 Å². The zero-order valence-electron chi connectivity index (χ0n) is 18.7. The van der Waals surface area contributed by atoms with E-state index < -0.39 is 0 Å². The Balaban J connectivity index is 1.61. The number of hydrogen-bond acceptors (Lipinski definition) is 4. The summed E-state index contributed by atoms with van der Waals surface area (Å²) in [5, 5.41) is 0.701. The Morgan fingerprint density at radius 2 is 1.62 bits per heavy atom. The van der Waals surface area contributed by atoms with Gasteiger partial charge in [0.2, 0.25) is 0 Å². The monoisotopic (exact) mass is 444 g/mol. The van der Waals surface area contributed by atoms with Gasteiger partial charge in [-0.3, -0.25) is 19.9 Å². The van der Waals surface area contributed by atoms with E-state index in [2.05, 4.69) is 65.1 Å². The van der Waals surface area contributed by atoms with Crippen molar-refractivity contribution in [1.82, 2.24) is 14.9 Å². The molecule has 164 valence electrons. The van der Waals surface area contributed by atoms with Crippen molar-refractivity contribution < 1.29 is 0 Å². The van der Waals surface area contributed by atoms with Crippen molar-refractivity contribution in [3.63, 3.8) is 0 Å². The van der Waals surface area contributed by atoms with E-state index in [1.165, 1.54) is 16.7 Å². The fourth-order valence-electron chi connectivity index (χ4n) is 4.16. The van der Waals surface area contributed by atoms with Gasteiger partial charge >= 0.3 is 0 Å². The average molecular weight is 445 g/mol. The Morgan fingerprint density at radius 3 is 2.34 bits per heavy atom. The molecule has 5 heteroatoms. The van der Waals surface area contributed by atoms with Crippen LogP contribution < -0.4 is 0 Å². The molecule has 1 aliphatic heterocycles. The lowest BCUT2D eigenvalue weighted by Gasteiger charge is -2.30. The lowest BCUT2D eigenvalue weighted by molar-refractivity contribution is 0.252. The molecule has 32 heavy (non-hydrogen) atoms. The molecule has 3 heterocycles. The van der Waals surface area contributed by atoms with Crippen LogP contribution in [0.5, 0.6) is 0 Å². The van der Waals surface area contributed by atoms with E-state index in [1.54, 1.807) is 6.20 Å². The van der Waals surface area contributed by atoms with Crippen LogP contribution in [-0.2, 0) is 18.5 Å². The van der Waals surface area contributed by atoms with Crippen LogP contribution in [-0.4, -0.2) is 27.6 Å². The number of nitrogens with zero attached hydrogens (tertiary/aromatic N) is 4. The molecule has 4 rings (SSSR count). The van der Waals surface area contributed by atoms with Crippen molar-refractivity contribution in [2.75, 3.05) is 6.54 Å². The van der Waals surface area contributed by atoms with E-state index in [4.69, 9.17) is 16.6 Å². The smallest absolute Gasteiger partial charge is 0.0729 e. The third kappa shape index (κ3) is 5.32. The van der Waals surface area contributed by atoms with Crippen LogP contribution in [0.1, 0.15) is 49.2 Å². The summed E-state index contributed by atoms with van der Waals surface area (Å²) < 4.78 is 0. The molecule has 0 bridgehead atoms. The van der Waals surface area contributed by atoms with Crippen LogP contribution in [0.4, 0.5) is 0 Å². The number of hydrogen-bond donors (Lipinski definition) is 0. The molecule has 0 N–H and O–H groups in total. The fraction of sp³-hybridized carbons (Fsp3) is 0.296. The third-order valence-corrected chi connectivity index (χ3v) is 6.45. The molecule has 1 aromatic carbocycles. The van der Waals surface area contributed by atoms with Gasteiger partial charge in [-0.2, -0.15) is 0 Å². The maximum absolute atomic E-state index is 6.45. The summed E-state index contributed by atoms with van der Waals surface area (Å²) in [7, 11) is 0. The van der Waals surface area contributed by atoms with Gasteiger partial charge in [0.1, 0.15) is 0 Å². The summed E-state index contributed by atoms with van der Waals surface area (Å²) in [5.74, 6) is 0. The van der Waals surface area contributed by atoms with Gasteiger partial charge in [0, 0.05) is 56.3 Å². The van der Waals surface area contributed by atoms with Crippen molar-refractivity contribution in [3.8, 4) is 0 Å². The second kappa shape index (κ2) is 10.2. The minimum Gasteiger partial charge on any atom is -0.291 e. The van der Waals surface area contributed by atoms with Crippen LogP contribution in [0.25, 0.3) is 0 Å². The Labute approximate surface area is 195 Å². The van der Waals surface area contributed by atoms with Gasteiger partial charge in [0.05, 0.1) is 16.4 Å². The average Bonchev–Trinajstić information content (AvgIpc) is 3.33.